The molecule has 3 aromatic rings. The van der Waals surface area contributed by atoms with Gasteiger partial charge in [0.05, 0.1) is 5.57 Å². The maximum Gasteiger partial charge on any atom is 0.303 e. The van der Waals surface area contributed by atoms with Crippen molar-refractivity contribution in [2.75, 3.05) is 5.32 Å². The second-order valence-electron chi connectivity index (χ2n) is 8.68. The molecule has 5 rings (SSSR count). The minimum absolute atomic E-state index is 0.0395. The van der Waals surface area contributed by atoms with E-state index in [2.05, 4.69) is 10.3 Å². The molecule has 1 aromatic heterocycles. The zero-order chi connectivity index (χ0) is 22.9. The molecular weight excluding hydrogens is 419 g/mol. The van der Waals surface area contributed by atoms with Crippen LogP contribution in [0.5, 0.6) is 0 Å². The first-order valence-electron chi connectivity index (χ1n) is 11.4. The van der Waals surface area contributed by atoms with Crippen molar-refractivity contribution in [2.45, 2.75) is 44.9 Å². The minimum atomic E-state index is -0.838. The molecule has 0 bridgehead atoms. The van der Waals surface area contributed by atoms with Gasteiger partial charge in [-0.25, -0.2) is 4.39 Å². The molecule has 2 aromatic carbocycles. The molecule has 33 heavy (non-hydrogen) atoms. The fourth-order valence-corrected chi connectivity index (χ4v) is 5.02. The highest BCUT2D eigenvalue weighted by Gasteiger charge is 2.29. The van der Waals surface area contributed by atoms with Crippen molar-refractivity contribution in [1.82, 2.24) is 4.98 Å². The van der Waals surface area contributed by atoms with Gasteiger partial charge in [-0.05, 0) is 78.6 Å². The van der Waals surface area contributed by atoms with Crippen molar-refractivity contribution in [3.63, 3.8) is 0 Å². The summed E-state index contributed by atoms with van der Waals surface area (Å²) in [6.07, 6.45) is 7.47. The number of aromatic nitrogens is 1. The molecule has 6 heteroatoms. The van der Waals surface area contributed by atoms with Crippen LogP contribution in [0.2, 0.25) is 0 Å². The van der Waals surface area contributed by atoms with Crippen LogP contribution in [0.3, 0.4) is 0 Å². The van der Waals surface area contributed by atoms with Gasteiger partial charge in [0.1, 0.15) is 5.82 Å². The Bertz CT molecular complexity index is 1290. The van der Waals surface area contributed by atoms with E-state index in [4.69, 9.17) is 0 Å². The van der Waals surface area contributed by atoms with Crippen molar-refractivity contribution in [3.8, 4) is 11.1 Å². The molecule has 1 amide bonds. The number of nitrogens with one attached hydrogen (secondary N) is 2. The summed E-state index contributed by atoms with van der Waals surface area (Å²) in [5.41, 5.74) is 7.54. The highest BCUT2D eigenvalue weighted by atomic mass is 19.1. The number of amides is 1. The standard InChI is InChI=1S/C27H25FN2O3/c28-17-7-4-6-16(14-17)18-9-5-11-23-26(18)21(27(33)30-23)15-24-20(12-13-25(31)32)19-8-2-1-3-10-22(19)29-24/h4-7,9,11,14-15,29H,1-3,8,10,12-13H2,(H,30,33)(H,31,32). The van der Waals surface area contributed by atoms with Crippen molar-refractivity contribution in [3.05, 3.63) is 76.4 Å². The van der Waals surface area contributed by atoms with Gasteiger partial charge in [0.2, 0.25) is 0 Å². The number of fused-ring (bicyclic) bond motifs is 2. The number of anilines is 1. The average molecular weight is 445 g/mol. The molecule has 5 nitrogen and oxygen atoms in total. The van der Waals surface area contributed by atoms with E-state index in [-0.39, 0.29) is 18.1 Å². The molecule has 2 heterocycles. The second-order valence-corrected chi connectivity index (χ2v) is 8.68. The van der Waals surface area contributed by atoms with Gasteiger partial charge >= 0.3 is 5.97 Å². The Labute approximate surface area is 191 Å². The molecule has 0 spiro atoms. The summed E-state index contributed by atoms with van der Waals surface area (Å²) in [6, 6.07) is 11.9. The Hall–Kier alpha value is -3.67. The molecular formula is C27H25FN2O3. The third-order valence-corrected chi connectivity index (χ3v) is 6.53. The van der Waals surface area contributed by atoms with E-state index in [1.54, 1.807) is 6.07 Å². The van der Waals surface area contributed by atoms with Crippen LogP contribution in [-0.2, 0) is 28.9 Å². The molecule has 0 unspecified atom stereocenters. The van der Waals surface area contributed by atoms with Crippen LogP contribution < -0.4 is 5.32 Å². The fraction of sp³-hybridized carbons (Fsp3) is 0.259. The van der Waals surface area contributed by atoms with E-state index < -0.39 is 5.97 Å². The number of carboxylic acid groups (broad SMARTS) is 1. The molecule has 0 saturated carbocycles. The molecule has 1 aliphatic heterocycles. The zero-order valence-corrected chi connectivity index (χ0v) is 18.2. The Kier molecular flexibility index (Phi) is 5.58. The summed E-state index contributed by atoms with van der Waals surface area (Å²) in [5.74, 6) is -1.39. The largest absolute Gasteiger partial charge is 0.481 e. The van der Waals surface area contributed by atoms with Gasteiger partial charge in [-0.3, -0.25) is 9.59 Å². The zero-order valence-electron chi connectivity index (χ0n) is 18.2. The number of rotatable bonds is 5. The van der Waals surface area contributed by atoms with E-state index >= 15 is 0 Å². The molecule has 168 valence electrons. The Morgan fingerprint density at radius 3 is 2.73 bits per heavy atom. The van der Waals surface area contributed by atoms with E-state index in [1.807, 2.05) is 30.3 Å². The summed E-state index contributed by atoms with van der Waals surface area (Å²) in [5, 5.41) is 12.2. The van der Waals surface area contributed by atoms with Crippen molar-refractivity contribution >= 4 is 29.2 Å². The van der Waals surface area contributed by atoms with E-state index in [9.17, 15) is 19.1 Å². The fourth-order valence-electron chi connectivity index (χ4n) is 5.02. The number of aliphatic carboxylic acids is 1. The van der Waals surface area contributed by atoms with E-state index in [0.717, 1.165) is 60.2 Å². The van der Waals surface area contributed by atoms with Crippen LogP contribution in [-0.4, -0.2) is 22.0 Å². The van der Waals surface area contributed by atoms with Gasteiger partial charge in [-0.2, -0.15) is 0 Å². The molecule has 0 radical (unpaired) electrons. The Balaban J connectivity index is 1.65. The Morgan fingerprint density at radius 2 is 1.91 bits per heavy atom. The topological polar surface area (TPSA) is 82.2 Å². The van der Waals surface area contributed by atoms with Crippen molar-refractivity contribution < 1.29 is 19.1 Å². The summed E-state index contributed by atoms with van der Waals surface area (Å²) in [4.78, 5) is 27.8. The quantitative estimate of drug-likeness (QED) is 0.354. The lowest BCUT2D eigenvalue weighted by molar-refractivity contribution is -0.137. The molecule has 3 N–H and O–H groups in total. The highest BCUT2D eigenvalue weighted by molar-refractivity contribution is 6.36. The first-order chi connectivity index (χ1) is 16.0. The van der Waals surface area contributed by atoms with Gasteiger partial charge in [0.15, 0.2) is 0 Å². The number of aryl methyl sites for hydroxylation is 1. The third-order valence-electron chi connectivity index (χ3n) is 6.53. The SMILES string of the molecule is O=C(O)CCc1c(C=C2C(=O)Nc3cccc(-c4cccc(F)c4)c32)[nH]c2c1CCCCC2. The van der Waals surface area contributed by atoms with Crippen LogP contribution in [0.25, 0.3) is 22.8 Å². The van der Waals surface area contributed by atoms with Gasteiger partial charge in [-0.15, -0.1) is 0 Å². The highest BCUT2D eigenvalue weighted by Crippen LogP contribution is 2.41. The maximum absolute atomic E-state index is 13.9. The van der Waals surface area contributed by atoms with Crippen LogP contribution in [0.4, 0.5) is 10.1 Å². The molecule has 0 fully saturated rings. The Morgan fingerprint density at radius 1 is 1.09 bits per heavy atom. The number of carbonyl (C=O) groups is 2. The lowest BCUT2D eigenvalue weighted by Gasteiger charge is -2.09. The lowest BCUT2D eigenvalue weighted by atomic mass is 9.93. The van der Waals surface area contributed by atoms with Gasteiger partial charge in [0, 0.05) is 29.1 Å². The molecule has 2 aliphatic rings. The van der Waals surface area contributed by atoms with Gasteiger partial charge < -0.3 is 15.4 Å². The number of H-pyrrole nitrogens is 1. The monoisotopic (exact) mass is 444 g/mol. The lowest BCUT2D eigenvalue weighted by Crippen LogP contribution is -2.04. The van der Waals surface area contributed by atoms with Crippen LogP contribution in [0.15, 0.2) is 42.5 Å². The van der Waals surface area contributed by atoms with Crippen LogP contribution in [0, 0.1) is 5.82 Å². The second kappa shape index (κ2) is 8.70. The van der Waals surface area contributed by atoms with Gasteiger partial charge in [0.25, 0.3) is 5.91 Å². The predicted octanol–water partition coefficient (Wildman–Crippen LogP) is 5.60. The number of aromatic amines is 1. The maximum atomic E-state index is 13.9. The first-order valence-corrected chi connectivity index (χ1v) is 11.4. The summed E-state index contributed by atoms with van der Waals surface area (Å²) >= 11 is 0. The number of carbonyl (C=O) groups excluding carboxylic acids is 1. The number of halogens is 1. The normalized spacial score (nSPS) is 16.3. The molecule has 0 atom stereocenters. The summed E-state index contributed by atoms with van der Waals surface area (Å²) in [6.45, 7) is 0. The van der Waals surface area contributed by atoms with Crippen LogP contribution in [0.1, 0.15) is 53.8 Å². The van der Waals surface area contributed by atoms with E-state index in [1.165, 1.54) is 17.7 Å². The molecule has 0 saturated heterocycles. The average Bonchev–Trinajstić information content (AvgIpc) is 3.17. The first kappa shape index (κ1) is 21.2. The third kappa shape index (κ3) is 4.09. The molecule has 1 aliphatic carbocycles. The summed E-state index contributed by atoms with van der Waals surface area (Å²) in [7, 11) is 0. The summed E-state index contributed by atoms with van der Waals surface area (Å²) < 4.78 is 13.9. The van der Waals surface area contributed by atoms with Crippen molar-refractivity contribution in [1.29, 1.82) is 0 Å². The smallest absolute Gasteiger partial charge is 0.303 e. The number of hydrogen-bond donors (Lipinski definition) is 3. The predicted molar refractivity (Wildman–Crippen MR) is 126 cm³/mol. The number of carboxylic acids is 1. The van der Waals surface area contributed by atoms with Crippen molar-refractivity contribution in [2.24, 2.45) is 0 Å². The minimum Gasteiger partial charge on any atom is -0.481 e. The van der Waals surface area contributed by atoms with Gasteiger partial charge in [-0.1, -0.05) is 30.7 Å². The number of hydrogen-bond acceptors (Lipinski definition) is 2. The van der Waals surface area contributed by atoms with E-state index in [0.29, 0.717) is 23.2 Å². The van der Waals surface area contributed by atoms with Crippen LogP contribution >= 0.6 is 0 Å². The number of benzene rings is 2.